The van der Waals surface area contributed by atoms with Gasteiger partial charge in [-0.3, -0.25) is 14.9 Å². The van der Waals surface area contributed by atoms with Crippen LogP contribution in [-0.2, 0) is 4.79 Å². The Morgan fingerprint density at radius 1 is 1.24 bits per heavy atom. The Morgan fingerprint density at radius 3 is 2.43 bits per heavy atom. The molecule has 6 heteroatoms. The number of anilines is 1. The molecule has 1 aromatic carbocycles. The van der Waals surface area contributed by atoms with Crippen molar-refractivity contribution in [2.75, 3.05) is 31.1 Å². The minimum absolute atomic E-state index is 0.132. The molecule has 1 aromatic rings. The van der Waals surface area contributed by atoms with Crippen LogP contribution in [0.4, 0.5) is 11.4 Å². The van der Waals surface area contributed by atoms with Crippen LogP contribution in [0, 0.1) is 22.0 Å². The maximum Gasteiger partial charge on any atom is 0.292 e. The van der Waals surface area contributed by atoms with Gasteiger partial charge in [-0.05, 0) is 18.4 Å². The lowest BCUT2D eigenvalue weighted by Crippen LogP contribution is -2.49. The van der Waals surface area contributed by atoms with Crippen molar-refractivity contribution < 1.29 is 9.72 Å². The first-order chi connectivity index (χ1) is 10.1. The van der Waals surface area contributed by atoms with Crippen molar-refractivity contribution in [3.05, 3.63) is 34.4 Å². The van der Waals surface area contributed by atoms with E-state index in [0.717, 1.165) is 6.42 Å². The fourth-order valence-electron chi connectivity index (χ4n) is 2.95. The lowest BCUT2D eigenvalue weighted by atomic mass is 10.2. The van der Waals surface area contributed by atoms with Gasteiger partial charge in [-0.1, -0.05) is 19.1 Å². The summed E-state index contributed by atoms with van der Waals surface area (Å²) in [5, 5.41) is 11.1. The molecule has 21 heavy (non-hydrogen) atoms. The lowest BCUT2D eigenvalue weighted by Gasteiger charge is -2.36. The lowest BCUT2D eigenvalue weighted by molar-refractivity contribution is -0.384. The van der Waals surface area contributed by atoms with E-state index in [9.17, 15) is 14.9 Å². The molecular weight excluding hydrogens is 270 g/mol. The quantitative estimate of drug-likeness (QED) is 0.629. The number of para-hydroxylation sites is 2. The number of rotatable bonds is 3. The zero-order valence-electron chi connectivity index (χ0n) is 12.1. The van der Waals surface area contributed by atoms with E-state index in [4.69, 9.17) is 0 Å². The molecule has 1 amide bonds. The predicted molar refractivity (Wildman–Crippen MR) is 79.2 cm³/mol. The van der Waals surface area contributed by atoms with Crippen molar-refractivity contribution >= 4 is 17.3 Å². The summed E-state index contributed by atoms with van der Waals surface area (Å²) < 4.78 is 0. The molecule has 2 fully saturated rings. The molecule has 6 nitrogen and oxygen atoms in total. The number of benzene rings is 1. The molecule has 0 spiro atoms. The van der Waals surface area contributed by atoms with Crippen LogP contribution >= 0.6 is 0 Å². The van der Waals surface area contributed by atoms with Crippen molar-refractivity contribution in [3.8, 4) is 0 Å². The summed E-state index contributed by atoms with van der Waals surface area (Å²) in [7, 11) is 0. The van der Waals surface area contributed by atoms with Gasteiger partial charge < -0.3 is 9.80 Å². The van der Waals surface area contributed by atoms with Crippen LogP contribution in [0.3, 0.4) is 0 Å². The second-order valence-electron chi connectivity index (χ2n) is 5.88. The van der Waals surface area contributed by atoms with Crippen LogP contribution < -0.4 is 4.90 Å². The van der Waals surface area contributed by atoms with Gasteiger partial charge in [0.05, 0.1) is 4.92 Å². The van der Waals surface area contributed by atoms with E-state index in [-0.39, 0.29) is 22.4 Å². The van der Waals surface area contributed by atoms with E-state index < -0.39 is 0 Å². The molecular formula is C15H19N3O3. The van der Waals surface area contributed by atoms with Crippen LogP contribution in [0.2, 0.25) is 0 Å². The van der Waals surface area contributed by atoms with Gasteiger partial charge in [0.2, 0.25) is 5.91 Å². The number of carbonyl (C=O) groups is 1. The minimum Gasteiger partial charge on any atom is -0.362 e. The van der Waals surface area contributed by atoms with Gasteiger partial charge in [0.15, 0.2) is 0 Å². The van der Waals surface area contributed by atoms with Crippen LogP contribution in [0.15, 0.2) is 24.3 Å². The van der Waals surface area contributed by atoms with Crippen LogP contribution in [0.25, 0.3) is 0 Å². The van der Waals surface area contributed by atoms with Crippen molar-refractivity contribution in [1.29, 1.82) is 0 Å². The average Bonchev–Trinajstić information content (AvgIpc) is 3.23. The maximum atomic E-state index is 12.2. The highest BCUT2D eigenvalue weighted by Crippen LogP contribution is 2.39. The first kappa shape index (κ1) is 13.9. The standard InChI is InChI=1S/C15H19N3O3/c1-11-10-12(11)15(19)17-8-6-16(7-9-17)13-4-2-3-5-14(13)18(20)21/h2-5,11-12H,6-10H2,1H3. The Bertz CT molecular complexity index is 567. The van der Waals surface area contributed by atoms with E-state index in [1.54, 1.807) is 12.1 Å². The fraction of sp³-hybridized carbons (Fsp3) is 0.533. The Kier molecular flexibility index (Phi) is 3.53. The van der Waals surface area contributed by atoms with Gasteiger partial charge in [-0.2, -0.15) is 0 Å². The third-order valence-corrected chi connectivity index (χ3v) is 4.44. The molecule has 1 saturated carbocycles. The summed E-state index contributed by atoms with van der Waals surface area (Å²) in [5.41, 5.74) is 0.780. The molecule has 1 saturated heterocycles. The molecule has 0 radical (unpaired) electrons. The molecule has 0 N–H and O–H groups in total. The van der Waals surface area contributed by atoms with Crippen molar-refractivity contribution in [2.24, 2.45) is 11.8 Å². The smallest absolute Gasteiger partial charge is 0.292 e. The highest BCUT2D eigenvalue weighted by atomic mass is 16.6. The van der Waals surface area contributed by atoms with Gasteiger partial charge in [0, 0.05) is 38.2 Å². The normalized spacial score (nSPS) is 24.8. The largest absolute Gasteiger partial charge is 0.362 e. The van der Waals surface area contributed by atoms with E-state index >= 15 is 0 Å². The number of nitro groups is 1. The van der Waals surface area contributed by atoms with Crippen molar-refractivity contribution in [2.45, 2.75) is 13.3 Å². The zero-order chi connectivity index (χ0) is 15.0. The van der Waals surface area contributed by atoms with E-state index in [2.05, 4.69) is 6.92 Å². The zero-order valence-corrected chi connectivity index (χ0v) is 12.1. The van der Waals surface area contributed by atoms with E-state index in [1.165, 1.54) is 6.07 Å². The fourth-order valence-corrected chi connectivity index (χ4v) is 2.95. The molecule has 1 aliphatic carbocycles. The number of carbonyl (C=O) groups excluding carboxylic acids is 1. The third-order valence-electron chi connectivity index (χ3n) is 4.44. The van der Waals surface area contributed by atoms with Gasteiger partial charge in [0.25, 0.3) is 5.69 Å². The Balaban J connectivity index is 1.66. The molecule has 2 atom stereocenters. The predicted octanol–water partition coefficient (Wildman–Crippen LogP) is 1.90. The van der Waals surface area contributed by atoms with Gasteiger partial charge >= 0.3 is 0 Å². The average molecular weight is 289 g/mol. The summed E-state index contributed by atoms with van der Waals surface area (Å²) in [6.07, 6.45) is 1.00. The molecule has 1 aliphatic heterocycles. The summed E-state index contributed by atoms with van der Waals surface area (Å²) in [6.45, 7) is 4.70. The number of hydrogen-bond donors (Lipinski definition) is 0. The van der Waals surface area contributed by atoms with Gasteiger partial charge in [-0.15, -0.1) is 0 Å². The Morgan fingerprint density at radius 2 is 1.86 bits per heavy atom. The summed E-state index contributed by atoms with van der Waals surface area (Å²) >= 11 is 0. The molecule has 112 valence electrons. The molecule has 0 bridgehead atoms. The first-order valence-corrected chi connectivity index (χ1v) is 7.35. The number of nitrogens with zero attached hydrogens (tertiary/aromatic N) is 3. The van der Waals surface area contributed by atoms with E-state index in [0.29, 0.717) is 37.8 Å². The molecule has 2 aliphatic rings. The highest BCUT2D eigenvalue weighted by molar-refractivity contribution is 5.82. The SMILES string of the molecule is CC1CC1C(=O)N1CCN(c2ccccc2[N+](=O)[O-])CC1. The first-order valence-electron chi connectivity index (χ1n) is 7.35. The molecule has 0 aromatic heterocycles. The van der Waals surface area contributed by atoms with Crippen LogP contribution in [0.5, 0.6) is 0 Å². The maximum absolute atomic E-state index is 12.2. The topological polar surface area (TPSA) is 66.7 Å². The second-order valence-corrected chi connectivity index (χ2v) is 5.88. The van der Waals surface area contributed by atoms with Crippen LogP contribution in [-0.4, -0.2) is 41.9 Å². The number of nitro benzene ring substituents is 1. The molecule has 2 unspecified atom stereocenters. The molecule has 1 heterocycles. The van der Waals surface area contributed by atoms with E-state index in [1.807, 2.05) is 15.9 Å². The summed E-state index contributed by atoms with van der Waals surface area (Å²) in [4.78, 5) is 26.8. The molecule has 3 rings (SSSR count). The van der Waals surface area contributed by atoms with Crippen LogP contribution in [0.1, 0.15) is 13.3 Å². The van der Waals surface area contributed by atoms with Gasteiger partial charge in [-0.25, -0.2) is 0 Å². The summed E-state index contributed by atoms with van der Waals surface area (Å²) in [5.74, 6) is 0.984. The number of hydrogen-bond acceptors (Lipinski definition) is 4. The monoisotopic (exact) mass is 289 g/mol. The second kappa shape index (κ2) is 5.35. The van der Waals surface area contributed by atoms with Crippen molar-refractivity contribution in [1.82, 2.24) is 4.90 Å². The highest BCUT2D eigenvalue weighted by Gasteiger charge is 2.42. The Labute approximate surface area is 123 Å². The number of piperazine rings is 1. The third kappa shape index (κ3) is 2.70. The Hall–Kier alpha value is -2.11. The van der Waals surface area contributed by atoms with Gasteiger partial charge in [0.1, 0.15) is 5.69 Å². The minimum atomic E-state index is -0.348. The number of amides is 1. The van der Waals surface area contributed by atoms with Crippen molar-refractivity contribution in [3.63, 3.8) is 0 Å². The summed E-state index contributed by atoms with van der Waals surface area (Å²) in [6, 6.07) is 6.79.